The molecule has 0 saturated carbocycles. The van der Waals surface area contributed by atoms with Crippen molar-refractivity contribution in [1.29, 1.82) is 0 Å². The molecule has 0 fully saturated rings. The molecule has 1 aromatic carbocycles. The molecule has 6 nitrogen and oxygen atoms in total. The quantitative estimate of drug-likeness (QED) is 0.612. The fourth-order valence-electron chi connectivity index (χ4n) is 1.17. The molecule has 0 heterocycles. The van der Waals surface area contributed by atoms with Crippen molar-refractivity contribution in [3.8, 4) is 0 Å². The van der Waals surface area contributed by atoms with E-state index in [1.807, 2.05) is 20.8 Å². The van der Waals surface area contributed by atoms with Crippen LogP contribution in [0.1, 0.15) is 20.8 Å². The van der Waals surface area contributed by atoms with E-state index in [0.717, 1.165) is 0 Å². The number of nitrogens with one attached hydrogen (secondary N) is 2. The van der Waals surface area contributed by atoms with Crippen molar-refractivity contribution >= 4 is 17.4 Å². The van der Waals surface area contributed by atoms with E-state index in [1.54, 1.807) is 0 Å². The van der Waals surface area contributed by atoms with Crippen molar-refractivity contribution in [2.24, 2.45) is 0 Å². The van der Waals surface area contributed by atoms with E-state index in [9.17, 15) is 14.9 Å². The summed E-state index contributed by atoms with van der Waals surface area (Å²) in [5.74, 6) is 0. The highest BCUT2D eigenvalue weighted by atomic mass is 16.6. The van der Waals surface area contributed by atoms with Crippen LogP contribution in [0.25, 0.3) is 0 Å². The second-order valence-electron chi connectivity index (χ2n) is 4.63. The third-order valence-electron chi connectivity index (χ3n) is 1.82. The largest absolute Gasteiger partial charge is 0.333 e. The van der Waals surface area contributed by atoms with Crippen LogP contribution >= 0.6 is 0 Å². The van der Waals surface area contributed by atoms with E-state index in [2.05, 4.69) is 10.6 Å². The molecule has 1 aromatic rings. The number of hydrogen-bond acceptors (Lipinski definition) is 3. The summed E-state index contributed by atoms with van der Waals surface area (Å²) in [6.07, 6.45) is 0. The van der Waals surface area contributed by atoms with Gasteiger partial charge in [0, 0.05) is 23.4 Å². The van der Waals surface area contributed by atoms with Crippen LogP contribution in [-0.2, 0) is 0 Å². The molecule has 0 bridgehead atoms. The van der Waals surface area contributed by atoms with Crippen LogP contribution in [-0.4, -0.2) is 16.5 Å². The molecule has 0 radical (unpaired) electrons. The van der Waals surface area contributed by atoms with Gasteiger partial charge in [-0.05, 0) is 32.9 Å². The number of hydrogen-bond donors (Lipinski definition) is 2. The number of non-ortho nitro benzene ring substituents is 1. The van der Waals surface area contributed by atoms with E-state index in [4.69, 9.17) is 0 Å². The van der Waals surface area contributed by atoms with Crippen LogP contribution in [0, 0.1) is 10.1 Å². The fraction of sp³-hybridized carbons (Fsp3) is 0.364. The lowest BCUT2D eigenvalue weighted by atomic mass is 10.1. The number of nitro groups is 1. The first-order valence-corrected chi connectivity index (χ1v) is 5.11. The summed E-state index contributed by atoms with van der Waals surface area (Å²) in [4.78, 5) is 21.4. The highest BCUT2D eigenvalue weighted by molar-refractivity contribution is 5.89. The number of carbonyl (C=O) groups is 1. The molecule has 2 N–H and O–H groups in total. The average Bonchev–Trinajstić information content (AvgIpc) is 2.15. The van der Waals surface area contributed by atoms with Crippen LogP contribution in [0.5, 0.6) is 0 Å². The van der Waals surface area contributed by atoms with Crippen LogP contribution in [0.2, 0.25) is 0 Å². The standard InChI is InChI=1S/C11H15N3O3/c1-11(2,3)13-10(15)12-8-4-6-9(7-5-8)14(16)17/h4-7H,1-3H3,(H2,12,13,15). The number of rotatable bonds is 2. The highest BCUT2D eigenvalue weighted by Gasteiger charge is 2.13. The summed E-state index contributed by atoms with van der Waals surface area (Å²) < 4.78 is 0. The third-order valence-corrected chi connectivity index (χ3v) is 1.82. The highest BCUT2D eigenvalue weighted by Crippen LogP contribution is 2.15. The molecule has 0 atom stereocenters. The molecule has 0 aliphatic heterocycles. The number of urea groups is 1. The van der Waals surface area contributed by atoms with Crippen molar-refractivity contribution in [1.82, 2.24) is 5.32 Å². The molecule has 17 heavy (non-hydrogen) atoms. The van der Waals surface area contributed by atoms with E-state index in [1.165, 1.54) is 24.3 Å². The second kappa shape index (κ2) is 4.82. The van der Waals surface area contributed by atoms with Gasteiger partial charge >= 0.3 is 6.03 Å². The van der Waals surface area contributed by atoms with Gasteiger partial charge in [-0.3, -0.25) is 10.1 Å². The van der Waals surface area contributed by atoms with Gasteiger partial charge in [0.1, 0.15) is 0 Å². The van der Waals surface area contributed by atoms with Gasteiger partial charge in [0.25, 0.3) is 5.69 Å². The molecule has 0 spiro atoms. The van der Waals surface area contributed by atoms with Crippen LogP contribution in [0.4, 0.5) is 16.2 Å². The fourth-order valence-corrected chi connectivity index (χ4v) is 1.17. The summed E-state index contributed by atoms with van der Waals surface area (Å²) in [5.41, 5.74) is 0.175. The summed E-state index contributed by atoms with van der Waals surface area (Å²) in [6.45, 7) is 5.59. The Morgan fingerprint density at radius 1 is 1.24 bits per heavy atom. The molecule has 0 aromatic heterocycles. The normalized spacial score (nSPS) is 10.8. The van der Waals surface area contributed by atoms with Crippen molar-refractivity contribution < 1.29 is 9.72 Å². The summed E-state index contributed by atoms with van der Waals surface area (Å²) in [7, 11) is 0. The van der Waals surface area contributed by atoms with E-state index in [0.29, 0.717) is 5.69 Å². The SMILES string of the molecule is CC(C)(C)NC(=O)Nc1ccc([N+](=O)[O-])cc1. The molecule has 0 unspecified atom stereocenters. The summed E-state index contributed by atoms with van der Waals surface area (Å²) >= 11 is 0. The Morgan fingerprint density at radius 2 is 1.76 bits per heavy atom. The Bertz CT molecular complexity index is 421. The van der Waals surface area contributed by atoms with Crippen LogP contribution in [0.3, 0.4) is 0 Å². The van der Waals surface area contributed by atoms with E-state index in [-0.39, 0.29) is 17.3 Å². The van der Waals surface area contributed by atoms with Gasteiger partial charge in [-0.25, -0.2) is 4.79 Å². The monoisotopic (exact) mass is 237 g/mol. The van der Waals surface area contributed by atoms with Crippen molar-refractivity contribution in [2.45, 2.75) is 26.3 Å². The van der Waals surface area contributed by atoms with Crippen molar-refractivity contribution in [2.75, 3.05) is 5.32 Å². The molecule has 92 valence electrons. The molecule has 0 saturated heterocycles. The predicted molar refractivity (Wildman–Crippen MR) is 65.0 cm³/mol. The minimum absolute atomic E-state index is 0.00761. The van der Waals surface area contributed by atoms with Gasteiger partial charge < -0.3 is 10.6 Å². The van der Waals surface area contributed by atoms with Gasteiger partial charge in [0.15, 0.2) is 0 Å². The number of nitro benzene ring substituents is 1. The number of carbonyl (C=O) groups excluding carboxylic acids is 1. The number of benzene rings is 1. The maximum Gasteiger partial charge on any atom is 0.319 e. The molecule has 1 rings (SSSR count). The average molecular weight is 237 g/mol. The number of nitrogens with zero attached hydrogens (tertiary/aromatic N) is 1. The maximum atomic E-state index is 11.5. The summed E-state index contributed by atoms with van der Waals surface area (Å²) in [5, 5.41) is 15.7. The zero-order valence-electron chi connectivity index (χ0n) is 9.98. The molecule has 2 amide bonds. The smallest absolute Gasteiger partial charge is 0.319 e. The molecular weight excluding hydrogens is 222 g/mol. The van der Waals surface area contributed by atoms with Crippen LogP contribution < -0.4 is 10.6 Å². The zero-order chi connectivity index (χ0) is 13.1. The van der Waals surface area contributed by atoms with Gasteiger partial charge in [-0.15, -0.1) is 0 Å². The minimum atomic E-state index is -0.487. The van der Waals surface area contributed by atoms with E-state index < -0.39 is 4.92 Å². The van der Waals surface area contributed by atoms with Gasteiger partial charge in [-0.2, -0.15) is 0 Å². The first kappa shape index (κ1) is 13.0. The van der Waals surface area contributed by atoms with Crippen LogP contribution in [0.15, 0.2) is 24.3 Å². The zero-order valence-corrected chi connectivity index (χ0v) is 9.98. The first-order valence-electron chi connectivity index (χ1n) is 5.11. The van der Waals surface area contributed by atoms with Gasteiger partial charge in [0.2, 0.25) is 0 Å². The molecule has 0 aliphatic rings. The number of amides is 2. The Kier molecular flexibility index (Phi) is 3.67. The van der Waals surface area contributed by atoms with Crippen molar-refractivity contribution in [3.05, 3.63) is 34.4 Å². The molecule has 6 heteroatoms. The summed E-state index contributed by atoms with van der Waals surface area (Å²) in [6, 6.07) is 5.31. The van der Waals surface area contributed by atoms with E-state index >= 15 is 0 Å². The van der Waals surface area contributed by atoms with Gasteiger partial charge in [0.05, 0.1) is 4.92 Å². The Hall–Kier alpha value is -2.11. The Morgan fingerprint density at radius 3 is 2.18 bits per heavy atom. The maximum absolute atomic E-state index is 11.5. The topological polar surface area (TPSA) is 84.3 Å². The predicted octanol–water partition coefficient (Wildman–Crippen LogP) is 2.51. The molecule has 0 aliphatic carbocycles. The van der Waals surface area contributed by atoms with Gasteiger partial charge in [-0.1, -0.05) is 0 Å². The number of anilines is 1. The van der Waals surface area contributed by atoms with Crippen molar-refractivity contribution in [3.63, 3.8) is 0 Å². The Labute approximate surface area is 99.2 Å². The lowest BCUT2D eigenvalue weighted by Crippen LogP contribution is -2.43. The first-order chi connectivity index (χ1) is 7.78. The lowest BCUT2D eigenvalue weighted by molar-refractivity contribution is -0.384. The Balaban J connectivity index is 2.64. The second-order valence-corrected chi connectivity index (χ2v) is 4.63. The minimum Gasteiger partial charge on any atom is -0.333 e. The third kappa shape index (κ3) is 4.50. The molecular formula is C11H15N3O3. The lowest BCUT2D eigenvalue weighted by Gasteiger charge is -2.20.